The number of allylic oxidation sites excluding steroid dienone is 2. The van der Waals surface area contributed by atoms with Crippen LogP contribution in [-0.2, 0) is 9.59 Å². The van der Waals surface area contributed by atoms with Crippen molar-refractivity contribution >= 4 is 11.6 Å². The van der Waals surface area contributed by atoms with E-state index in [1.54, 1.807) is 0 Å². The Bertz CT molecular complexity index is 688. The fourth-order valence-electron chi connectivity index (χ4n) is 7.89. The average Bonchev–Trinajstić information content (AvgIpc) is 3.01. The van der Waals surface area contributed by atoms with Crippen molar-refractivity contribution in [3.05, 3.63) is 12.2 Å². The van der Waals surface area contributed by atoms with Gasteiger partial charge in [-0.1, -0.05) is 26.0 Å². The fraction of sp³-hybridized carbons (Fsp3) is 0.840. The Balaban J connectivity index is 1.60. The number of Topliss-reactive ketones (excluding diaryl/α,β-unsaturated/α-hetero) is 2. The first-order valence-electron chi connectivity index (χ1n) is 11.9. The molecule has 4 aliphatic carbocycles. The van der Waals surface area contributed by atoms with Gasteiger partial charge < -0.3 is 10.8 Å². The molecule has 0 amide bonds. The van der Waals surface area contributed by atoms with Gasteiger partial charge in [0.1, 0.15) is 11.6 Å². The third-order valence-electron chi connectivity index (χ3n) is 9.64. The van der Waals surface area contributed by atoms with Crippen molar-refractivity contribution in [3.63, 3.8) is 0 Å². The van der Waals surface area contributed by atoms with E-state index < -0.39 is 0 Å². The zero-order valence-corrected chi connectivity index (χ0v) is 18.2. The number of aliphatic hydroxyl groups excluding tert-OH is 1. The molecule has 1 unspecified atom stereocenters. The van der Waals surface area contributed by atoms with Gasteiger partial charge in [0.05, 0.1) is 6.61 Å². The average molecular weight is 402 g/mol. The molecule has 4 nitrogen and oxygen atoms in total. The SMILES string of the molecule is C[C@]12CC[C@@H](C=CCCCN)CC1[C@@H](CO)C(=O)[C@@H]1[C@@H]2CC[C@]2(C)C(=O)CC[C@@H]12. The number of ketones is 2. The van der Waals surface area contributed by atoms with Gasteiger partial charge in [-0.05, 0) is 87.0 Å². The minimum Gasteiger partial charge on any atom is -0.396 e. The van der Waals surface area contributed by atoms with Gasteiger partial charge in [0.15, 0.2) is 0 Å². The van der Waals surface area contributed by atoms with Crippen LogP contribution in [0.1, 0.15) is 71.6 Å². The van der Waals surface area contributed by atoms with Gasteiger partial charge in [0.2, 0.25) is 0 Å². The molecule has 4 aliphatic rings. The van der Waals surface area contributed by atoms with E-state index in [1.165, 1.54) is 6.42 Å². The summed E-state index contributed by atoms with van der Waals surface area (Å²) in [4.78, 5) is 26.3. The fourth-order valence-corrected chi connectivity index (χ4v) is 7.89. The molecule has 0 saturated heterocycles. The second-order valence-electron chi connectivity index (χ2n) is 10.9. The highest BCUT2D eigenvalue weighted by Crippen LogP contribution is 2.66. The van der Waals surface area contributed by atoms with Gasteiger partial charge in [-0.25, -0.2) is 0 Å². The number of nitrogens with two attached hydrogens (primary N) is 1. The van der Waals surface area contributed by atoms with Gasteiger partial charge in [0, 0.05) is 23.7 Å². The van der Waals surface area contributed by atoms with Crippen LogP contribution in [0.2, 0.25) is 0 Å². The van der Waals surface area contributed by atoms with Gasteiger partial charge in [-0.2, -0.15) is 0 Å². The lowest BCUT2D eigenvalue weighted by molar-refractivity contribution is -0.171. The molecule has 0 aromatic rings. The number of carbonyl (C=O) groups excluding carboxylic acids is 2. The number of aliphatic hydroxyl groups is 1. The zero-order valence-electron chi connectivity index (χ0n) is 18.2. The molecular weight excluding hydrogens is 362 g/mol. The highest BCUT2D eigenvalue weighted by Gasteiger charge is 2.64. The molecule has 0 aromatic heterocycles. The zero-order chi connectivity index (χ0) is 20.8. The standard InChI is InChI=1S/C25H39NO3/c1-24-11-9-16(6-4-3-5-13-26)14-20(24)17(15-27)23(29)22-18-7-8-21(28)25(18,2)12-10-19(22)24/h4,6,16-20,22,27H,3,5,7-15,26H2,1-2H3/t16-,17-,18+,19+,20?,22+,24-,25+/m1/s1. The highest BCUT2D eigenvalue weighted by molar-refractivity contribution is 5.91. The van der Waals surface area contributed by atoms with E-state index >= 15 is 0 Å². The monoisotopic (exact) mass is 401 g/mol. The minimum atomic E-state index is -0.303. The normalized spacial score (nSPS) is 47.2. The maximum Gasteiger partial charge on any atom is 0.142 e. The summed E-state index contributed by atoms with van der Waals surface area (Å²) in [6, 6.07) is 0. The minimum absolute atomic E-state index is 0.0183. The van der Waals surface area contributed by atoms with Crippen molar-refractivity contribution in [2.75, 3.05) is 13.2 Å². The van der Waals surface area contributed by atoms with Crippen LogP contribution in [0.4, 0.5) is 0 Å². The Labute approximate surface area is 175 Å². The molecule has 0 spiro atoms. The molecule has 0 aliphatic heterocycles. The van der Waals surface area contributed by atoms with Crippen LogP contribution >= 0.6 is 0 Å². The van der Waals surface area contributed by atoms with Gasteiger partial charge >= 0.3 is 0 Å². The number of hydrogen-bond donors (Lipinski definition) is 2. The van der Waals surface area contributed by atoms with Crippen LogP contribution in [0, 0.1) is 46.3 Å². The Morgan fingerprint density at radius 2 is 1.90 bits per heavy atom. The molecule has 0 heterocycles. The summed E-state index contributed by atoms with van der Waals surface area (Å²) in [7, 11) is 0. The quantitative estimate of drug-likeness (QED) is 0.541. The van der Waals surface area contributed by atoms with E-state index in [-0.39, 0.29) is 46.9 Å². The number of carbonyl (C=O) groups is 2. The molecule has 4 fully saturated rings. The number of unbranched alkanes of at least 4 members (excludes halogenated alkanes) is 1. The molecular formula is C25H39NO3. The summed E-state index contributed by atoms with van der Waals surface area (Å²) in [6.07, 6.45) is 13.4. The molecule has 0 radical (unpaired) electrons. The van der Waals surface area contributed by atoms with Crippen molar-refractivity contribution in [1.82, 2.24) is 0 Å². The summed E-state index contributed by atoms with van der Waals surface area (Å²) in [5, 5.41) is 10.3. The Morgan fingerprint density at radius 1 is 1.10 bits per heavy atom. The van der Waals surface area contributed by atoms with Crippen molar-refractivity contribution in [2.24, 2.45) is 52.1 Å². The largest absolute Gasteiger partial charge is 0.396 e. The summed E-state index contributed by atoms with van der Waals surface area (Å²) in [5.74, 6) is 1.73. The van der Waals surface area contributed by atoms with Crippen LogP contribution in [0.15, 0.2) is 12.2 Å². The van der Waals surface area contributed by atoms with E-state index in [2.05, 4.69) is 26.0 Å². The van der Waals surface area contributed by atoms with Crippen molar-refractivity contribution in [1.29, 1.82) is 0 Å². The topological polar surface area (TPSA) is 80.4 Å². The van der Waals surface area contributed by atoms with Crippen molar-refractivity contribution in [2.45, 2.75) is 71.6 Å². The van der Waals surface area contributed by atoms with E-state index in [1.807, 2.05) is 0 Å². The summed E-state index contributed by atoms with van der Waals surface area (Å²) in [5.41, 5.74) is 5.41. The van der Waals surface area contributed by atoms with Crippen molar-refractivity contribution < 1.29 is 14.7 Å². The second-order valence-corrected chi connectivity index (χ2v) is 10.9. The smallest absolute Gasteiger partial charge is 0.142 e. The molecule has 0 bridgehead atoms. The van der Waals surface area contributed by atoms with E-state index in [9.17, 15) is 14.7 Å². The van der Waals surface area contributed by atoms with Crippen molar-refractivity contribution in [3.8, 4) is 0 Å². The lowest BCUT2D eigenvalue weighted by Gasteiger charge is -2.61. The Morgan fingerprint density at radius 3 is 2.62 bits per heavy atom. The molecule has 29 heavy (non-hydrogen) atoms. The predicted octanol–water partition coefficient (Wildman–Crippen LogP) is 3.91. The van der Waals surface area contributed by atoms with E-state index in [0.29, 0.717) is 24.0 Å². The molecule has 8 atom stereocenters. The van der Waals surface area contributed by atoms with Crippen LogP contribution in [0.3, 0.4) is 0 Å². The van der Waals surface area contributed by atoms with Crippen LogP contribution in [0.25, 0.3) is 0 Å². The maximum absolute atomic E-state index is 13.7. The van der Waals surface area contributed by atoms with Crippen LogP contribution in [0.5, 0.6) is 0 Å². The van der Waals surface area contributed by atoms with Crippen LogP contribution in [-0.4, -0.2) is 29.8 Å². The lowest BCUT2D eigenvalue weighted by atomic mass is 9.42. The third kappa shape index (κ3) is 3.26. The Kier molecular flexibility index (Phi) is 5.80. The first-order valence-corrected chi connectivity index (χ1v) is 11.9. The molecule has 162 valence electrons. The number of fused-ring (bicyclic) bond motifs is 5. The van der Waals surface area contributed by atoms with Gasteiger partial charge in [-0.3, -0.25) is 9.59 Å². The highest BCUT2D eigenvalue weighted by atomic mass is 16.3. The number of hydrogen-bond acceptors (Lipinski definition) is 4. The molecule has 4 heteroatoms. The lowest BCUT2D eigenvalue weighted by Crippen LogP contribution is -2.60. The number of rotatable bonds is 5. The van der Waals surface area contributed by atoms with Crippen LogP contribution < -0.4 is 5.73 Å². The van der Waals surface area contributed by atoms with E-state index in [4.69, 9.17) is 5.73 Å². The maximum atomic E-state index is 13.7. The van der Waals surface area contributed by atoms with Gasteiger partial charge in [0.25, 0.3) is 0 Å². The molecule has 4 rings (SSSR count). The molecule has 0 aromatic carbocycles. The summed E-state index contributed by atoms with van der Waals surface area (Å²) < 4.78 is 0. The summed E-state index contributed by atoms with van der Waals surface area (Å²) in [6.45, 7) is 5.20. The summed E-state index contributed by atoms with van der Waals surface area (Å²) >= 11 is 0. The molecule has 4 saturated carbocycles. The second kappa shape index (κ2) is 7.92. The first kappa shape index (κ1) is 21.2. The third-order valence-corrected chi connectivity index (χ3v) is 9.64. The first-order chi connectivity index (χ1) is 13.9. The predicted molar refractivity (Wildman–Crippen MR) is 114 cm³/mol. The van der Waals surface area contributed by atoms with Gasteiger partial charge in [-0.15, -0.1) is 0 Å². The Hall–Kier alpha value is -1.00. The molecule has 3 N–H and O–H groups in total. The van der Waals surface area contributed by atoms with E-state index in [0.717, 1.165) is 51.5 Å².